The van der Waals surface area contributed by atoms with E-state index in [1.165, 1.54) is 12.1 Å². The van der Waals surface area contributed by atoms with Gasteiger partial charge in [0.05, 0.1) is 11.1 Å². The predicted octanol–water partition coefficient (Wildman–Crippen LogP) is 2.65. The van der Waals surface area contributed by atoms with Gasteiger partial charge in [-0.25, -0.2) is 9.78 Å². The maximum Gasteiger partial charge on any atom is 0.434 e. The van der Waals surface area contributed by atoms with E-state index < -0.39 is 17.6 Å². The summed E-state index contributed by atoms with van der Waals surface area (Å²) in [5.41, 5.74) is -1.25. The van der Waals surface area contributed by atoms with Crippen LogP contribution in [0, 0.1) is 0 Å². The molecular formula is C15H8F3N5O. The number of alkyl halides is 3. The molecule has 1 N–H and O–H groups in total. The van der Waals surface area contributed by atoms with Crippen molar-refractivity contribution in [2.24, 2.45) is 0 Å². The third kappa shape index (κ3) is 2.13. The van der Waals surface area contributed by atoms with Crippen LogP contribution in [0.5, 0.6) is 0 Å². The van der Waals surface area contributed by atoms with Crippen LogP contribution >= 0.6 is 0 Å². The third-order valence-corrected chi connectivity index (χ3v) is 3.53. The Balaban J connectivity index is 2.06. The van der Waals surface area contributed by atoms with Crippen LogP contribution < -0.4 is 5.69 Å². The molecule has 3 heterocycles. The first-order valence-electron chi connectivity index (χ1n) is 6.85. The van der Waals surface area contributed by atoms with Crippen molar-refractivity contribution in [1.29, 1.82) is 0 Å². The summed E-state index contributed by atoms with van der Waals surface area (Å²) in [5, 5.41) is 4.51. The SMILES string of the molecule is O=c1[nH]c2ccccc2c2nc(-c3cccnc3C(F)(F)F)nn12. The maximum atomic E-state index is 13.1. The minimum Gasteiger partial charge on any atom is -0.305 e. The molecule has 0 unspecified atom stereocenters. The van der Waals surface area contributed by atoms with Crippen LogP contribution in [0.1, 0.15) is 5.69 Å². The molecule has 0 atom stereocenters. The highest BCUT2D eigenvalue weighted by Gasteiger charge is 2.36. The quantitative estimate of drug-likeness (QED) is 0.582. The molecule has 24 heavy (non-hydrogen) atoms. The predicted molar refractivity (Wildman–Crippen MR) is 79.3 cm³/mol. The minimum absolute atomic E-state index is 0.182. The van der Waals surface area contributed by atoms with E-state index in [0.29, 0.717) is 10.9 Å². The second-order valence-electron chi connectivity index (χ2n) is 5.04. The van der Waals surface area contributed by atoms with Crippen LogP contribution in [0.25, 0.3) is 27.9 Å². The Morgan fingerprint density at radius 3 is 2.67 bits per heavy atom. The van der Waals surface area contributed by atoms with Crippen LogP contribution in [0.3, 0.4) is 0 Å². The molecule has 6 nitrogen and oxygen atoms in total. The van der Waals surface area contributed by atoms with Gasteiger partial charge in [-0.1, -0.05) is 12.1 Å². The monoisotopic (exact) mass is 331 g/mol. The molecule has 4 rings (SSSR count). The number of nitrogens with zero attached hydrogens (tertiary/aromatic N) is 4. The lowest BCUT2D eigenvalue weighted by Crippen LogP contribution is -2.17. The van der Waals surface area contributed by atoms with Crippen LogP contribution in [-0.2, 0) is 6.18 Å². The molecule has 0 radical (unpaired) electrons. The van der Waals surface area contributed by atoms with Crippen molar-refractivity contribution in [2.45, 2.75) is 6.18 Å². The van der Waals surface area contributed by atoms with Gasteiger partial charge in [0.25, 0.3) is 0 Å². The molecule has 0 spiro atoms. The van der Waals surface area contributed by atoms with Gasteiger partial charge in [0.15, 0.2) is 17.2 Å². The molecule has 0 aliphatic carbocycles. The number of aromatic amines is 1. The van der Waals surface area contributed by atoms with Gasteiger partial charge in [0.2, 0.25) is 0 Å². The fourth-order valence-corrected chi connectivity index (χ4v) is 2.51. The number of halogens is 3. The fourth-order valence-electron chi connectivity index (χ4n) is 2.51. The lowest BCUT2D eigenvalue weighted by atomic mass is 10.2. The summed E-state index contributed by atoms with van der Waals surface area (Å²) < 4.78 is 40.3. The lowest BCUT2D eigenvalue weighted by Gasteiger charge is -2.08. The number of nitrogens with one attached hydrogen (secondary N) is 1. The molecule has 120 valence electrons. The number of aromatic nitrogens is 5. The van der Waals surface area contributed by atoms with Crippen LogP contribution in [0.2, 0.25) is 0 Å². The topological polar surface area (TPSA) is 75.9 Å². The molecule has 0 fully saturated rings. The number of para-hydroxylation sites is 1. The molecule has 0 bridgehead atoms. The summed E-state index contributed by atoms with van der Waals surface area (Å²) >= 11 is 0. The van der Waals surface area contributed by atoms with Gasteiger partial charge in [0.1, 0.15) is 0 Å². The zero-order chi connectivity index (χ0) is 16.9. The average Bonchev–Trinajstić information content (AvgIpc) is 3.00. The Bertz CT molecular complexity index is 1130. The van der Waals surface area contributed by atoms with Crippen LogP contribution in [-0.4, -0.2) is 24.6 Å². The summed E-state index contributed by atoms with van der Waals surface area (Å²) in [7, 11) is 0. The van der Waals surface area contributed by atoms with Crippen molar-refractivity contribution in [3.05, 3.63) is 58.8 Å². The maximum absolute atomic E-state index is 13.1. The Labute approximate surface area is 131 Å². The van der Waals surface area contributed by atoms with E-state index >= 15 is 0 Å². The number of benzene rings is 1. The highest BCUT2D eigenvalue weighted by Crippen LogP contribution is 2.34. The van der Waals surface area contributed by atoms with E-state index in [-0.39, 0.29) is 17.0 Å². The zero-order valence-corrected chi connectivity index (χ0v) is 11.9. The van der Waals surface area contributed by atoms with E-state index in [9.17, 15) is 18.0 Å². The Morgan fingerprint density at radius 1 is 1.08 bits per heavy atom. The van der Waals surface area contributed by atoms with Crippen molar-refractivity contribution in [3.63, 3.8) is 0 Å². The number of fused-ring (bicyclic) bond motifs is 3. The lowest BCUT2D eigenvalue weighted by molar-refractivity contribution is -0.140. The number of H-pyrrole nitrogens is 1. The summed E-state index contributed by atoms with van der Waals surface area (Å²) in [4.78, 5) is 22.2. The molecule has 0 amide bonds. The first kappa shape index (κ1) is 14.4. The van der Waals surface area contributed by atoms with Gasteiger partial charge in [-0.15, -0.1) is 5.10 Å². The molecule has 0 aliphatic heterocycles. The standard InChI is InChI=1S/C15H8F3N5O/c16-15(17,18)11-9(5-3-7-19-11)12-21-13-8-4-1-2-6-10(8)20-14(24)23(13)22-12/h1-7H,(H,20,24). The number of hydrogen-bond donors (Lipinski definition) is 1. The van der Waals surface area contributed by atoms with Crippen molar-refractivity contribution in [2.75, 3.05) is 0 Å². The fraction of sp³-hybridized carbons (Fsp3) is 0.0667. The van der Waals surface area contributed by atoms with Crippen LogP contribution in [0.4, 0.5) is 13.2 Å². The van der Waals surface area contributed by atoms with Gasteiger partial charge in [-0.2, -0.15) is 17.7 Å². The van der Waals surface area contributed by atoms with Crippen molar-refractivity contribution >= 4 is 16.6 Å². The molecule has 0 aliphatic rings. The Kier molecular flexibility index (Phi) is 2.92. The molecule has 3 aromatic heterocycles. The number of rotatable bonds is 1. The van der Waals surface area contributed by atoms with Gasteiger partial charge in [-0.3, -0.25) is 4.98 Å². The molecule has 4 aromatic rings. The van der Waals surface area contributed by atoms with Crippen LogP contribution in [0.15, 0.2) is 47.4 Å². The van der Waals surface area contributed by atoms with Gasteiger partial charge in [0, 0.05) is 11.6 Å². The Morgan fingerprint density at radius 2 is 1.88 bits per heavy atom. The van der Waals surface area contributed by atoms with Crippen molar-refractivity contribution in [3.8, 4) is 11.4 Å². The first-order valence-corrected chi connectivity index (χ1v) is 6.85. The van der Waals surface area contributed by atoms with Gasteiger partial charge >= 0.3 is 11.9 Å². The van der Waals surface area contributed by atoms with E-state index in [0.717, 1.165) is 10.7 Å². The minimum atomic E-state index is -4.65. The van der Waals surface area contributed by atoms with E-state index in [4.69, 9.17) is 0 Å². The van der Waals surface area contributed by atoms with E-state index in [1.54, 1.807) is 24.3 Å². The normalized spacial score (nSPS) is 12.1. The molecular weight excluding hydrogens is 323 g/mol. The van der Waals surface area contributed by atoms with Crippen molar-refractivity contribution in [1.82, 2.24) is 24.6 Å². The third-order valence-electron chi connectivity index (χ3n) is 3.53. The van der Waals surface area contributed by atoms with E-state index in [2.05, 4.69) is 20.1 Å². The second-order valence-corrected chi connectivity index (χ2v) is 5.04. The average molecular weight is 331 g/mol. The summed E-state index contributed by atoms with van der Waals surface area (Å²) in [6, 6.07) is 9.43. The van der Waals surface area contributed by atoms with Gasteiger partial charge < -0.3 is 4.98 Å². The van der Waals surface area contributed by atoms with E-state index in [1.807, 2.05) is 0 Å². The zero-order valence-electron chi connectivity index (χ0n) is 11.9. The molecule has 9 heteroatoms. The summed E-state index contributed by atoms with van der Waals surface area (Å²) in [6.07, 6.45) is -3.60. The highest BCUT2D eigenvalue weighted by molar-refractivity contribution is 5.91. The number of pyridine rings is 1. The Hall–Kier alpha value is -3.23. The summed E-state index contributed by atoms with van der Waals surface area (Å²) in [6.45, 7) is 0. The second kappa shape index (κ2) is 4.88. The van der Waals surface area contributed by atoms with Gasteiger partial charge in [-0.05, 0) is 24.3 Å². The van der Waals surface area contributed by atoms with Crippen molar-refractivity contribution < 1.29 is 13.2 Å². The highest BCUT2D eigenvalue weighted by atomic mass is 19.4. The first-order chi connectivity index (χ1) is 11.4. The molecule has 1 aromatic carbocycles. The largest absolute Gasteiger partial charge is 0.434 e. The number of hydrogen-bond acceptors (Lipinski definition) is 4. The molecule has 0 saturated heterocycles. The smallest absolute Gasteiger partial charge is 0.305 e. The summed E-state index contributed by atoms with van der Waals surface area (Å²) in [5.74, 6) is -0.211. The molecule has 0 saturated carbocycles.